The molecule has 0 atom stereocenters. The molecule has 0 aliphatic heterocycles. The van der Waals surface area contributed by atoms with Crippen LogP contribution in [0.5, 0.6) is 0 Å². The number of carboxylic acids is 1. The van der Waals surface area contributed by atoms with Gasteiger partial charge in [0.1, 0.15) is 13.2 Å². The number of rotatable bonds is 7. The van der Waals surface area contributed by atoms with Crippen molar-refractivity contribution in [3.8, 4) is 0 Å². The molecular weight excluding hydrogens is 222 g/mol. The number of aliphatic carboxylic acids is 1. The predicted molar refractivity (Wildman–Crippen MR) is 64.4 cm³/mol. The second-order valence-corrected chi connectivity index (χ2v) is 4.84. The van der Waals surface area contributed by atoms with E-state index in [2.05, 4.69) is 13.2 Å². The van der Waals surface area contributed by atoms with E-state index in [4.69, 9.17) is 9.84 Å². The Balaban J connectivity index is 4.04. The molecule has 5 nitrogen and oxygen atoms in total. The molecule has 0 spiro atoms. The molecular formula is C12H20NO4+. The van der Waals surface area contributed by atoms with Crippen LogP contribution in [0.4, 0.5) is 0 Å². The van der Waals surface area contributed by atoms with Crippen LogP contribution < -0.4 is 0 Å². The van der Waals surface area contributed by atoms with E-state index in [1.165, 1.54) is 0 Å². The molecule has 0 aromatic carbocycles. The molecule has 5 heteroatoms. The van der Waals surface area contributed by atoms with Gasteiger partial charge in [-0.1, -0.05) is 13.2 Å². The van der Waals surface area contributed by atoms with Crippen molar-refractivity contribution in [3.05, 3.63) is 24.3 Å². The van der Waals surface area contributed by atoms with Gasteiger partial charge in [-0.15, -0.1) is 0 Å². The molecule has 1 N–H and O–H groups in total. The first kappa shape index (κ1) is 15.4. The molecule has 0 radical (unpaired) electrons. The zero-order chi connectivity index (χ0) is 13.6. The van der Waals surface area contributed by atoms with E-state index >= 15 is 0 Å². The topological polar surface area (TPSA) is 63.6 Å². The lowest BCUT2D eigenvalue weighted by molar-refractivity contribution is -0.870. The second kappa shape index (κ2) is 6.20. The largest absolute Gasteiger partial charge is 0.478 e. The van der Waals surface area contributed by atoms with Crippen molar-refractivity contribution in [3.63, 3.8) is 0 Å². The lowest BCUT2D eigenvalue weighted by Crippen LogP contribution is -2.38. The highest BCUT2D eigenvalue weighted by Crippen LogP contribution is 2.09. The third-order valence-electron chi connectivity index (χ3n) is 2.01. The molecule has 0 aliphatic rings. The van der Waals surface area contributed by atoms with Crippen LogP contribution in [0.1, 0.15) is 6.42 Å². The van der Waals surface area contributed by atoms with Crippen LogP contribution in [0.2, 0.25) is 0 Å². The molecule has 0 unspecified atom stereocenters. The molecule has 96 valence electrons. The number of hydrogen-bond acceptors (Lipinski definition) is 3. The van der Waals surface area contributed by atoms with Gasteiger partial charge in [0, 0.05) is 17.6 Å². The van der Waals surface area contributed by atoms with Gasteiger partial charge in [0.25, 0.3) is 0 Å². The van der Waals surface area contributed by atoms with Crippen molar-refractivity contribution in [2.75, 3.05) is 34.3 Å². The summed E-state index contributed by atoms with van der Waals surface area (Å²) in [6.07, 6.45) is -0.0709. The van der Waals surface area contributed by atoms with Gasteiger partial charge < -0.3 is 14.3 Å². The average molecular weight is 242 g/mol. The zero-order valence-corrected chi connectivity index (χ0v) is 10.7. The number of carbonyl (C=O) groups is 2. The number of carbonyl (C=O) groups excluding carboxylic acids is 1. The van der Waals surface area contributed by atoms with Crippen LogP contribution in [0.3, 0.4) is 0 Å². The minimum Gasteiger partial charge on any atom is -0.478 e. The maximum Gasteiger partial charge on any atom is 0.333 e. The first-order valence-electron chi connectivity index (χ1n) is 5.20. The van der Waals surface area contributed by atoms with Crippen molar-refractivity contribution in [1.82, 2.24) is 0 Å². The highest BCUT2D eigenvalue weighted by atomic mass is 16.5. The van der Waals surface area contributed by atoms with Gasteiger partial charge in [0.2, 0.25) is 0 Å². The SMILES string of the molecule is C=C(CC(=C)C(=O)OCC[N+](C)(C)C)C(=O)O. The van der Waals surface area contributed by atoms with Crippen molar-refractivity contribution in [2.45, 2.75) is 6.42 Å². The van der Waals surface area contributed by atoms with Gasteiger partial charge >= 0.3 is 11.9 Å². The summed E-state index contributed by atoms with van der Waals surface area (Å²) >= 11 is 0. The molecule has 0 fully saturated rings. The van der Waals surface area contributed by atoms with Crippen molar-refractivity contribution < 1.29 is 23.9 Å². The lowest BCUT2D eigenvalue weighted by atomic mass is 10.1. The number of carboxylic acid groups (broad SMARTS) is 1. The Morgan fingerprint density at radius 3 is 2.12 bits per heavy atom. The highest BCUT2D eigenvalue weighted by molar-refractivity contribution is 5.93. The molecule has 0 bridgehead atoms. The maximum atomic E-state index is 11.4. The Labute approximate surface area is 102 Å². The van der Waals surface area contributed by atoms with Crippen LogP contribution in [0.25, 0.3) is 0 Å². The van der Waals surface area contributed by atoms with E-state index in [1.807, 2.05) is 21.1 Å². The number of hydrogen-bond donors (Lipinski definition) is 1. The summed E-state index contributed by atoms with van der Waals surface area (Å²) in [6, 6.07) is 0. The molecule has 0 saturated heterocycles. The second-order valence-electron chi connectivity index (χ2n) is 4.84. The van der Waals surface area contributed by atoms with Gasteiger partial charge in [0.05, 0.1) is 21.1 Å². The summed E-state index contributed by atoms with van der Waals surface area (Å²) in [7, 11) is 5.94. The Bertz CT molecular complexity index is 339. The lowest BCUT2D eigenvalue weighted by Gasteiger charge is -2.23. The monoisotopic (exact) mass is 242 g/mol. The third-order valence-corrected chi connectivity index (χ3v) is 2.01. The molecule has 0 aromatic rings. The molecule has 0 heterocycles. The third kappa shape index (κ3) is 7.30. The van der Waals surface area contributed by atoms with Crippen LogP contribution >= 0.6 is 0 Å². The normalized spacial score (nSPS) is 10.8. The van der Waals surface area contributed by atoms with Gasteiger partial charge in [0.15, 0.2) is 0 Å². The molecule has 17 heavy (non-hydrogen) atoms. The Morgan fingerprint density at radius 1 is 1.18 bits per heavy atom. The molecule has 0 amide bonds. The first-order valence-corrected chi connectivity index (χ1v) is 5.20. The summed E-state index contributed by atoms with van der Waals surface area (Å²) in [5.74, 6) is -1.70. The van der Waals surface area contributed by atoms with E-state index in [0.29, 0.717) is 11.0 Å². The van der Waals surface area contributed by atoms with Crippen LogP contribution in [0.15, 0.2) is 24.3 Å². The quantitative estimate of drug-likeness (QED) is 0.408. The summed E-state index contributed by atoms with van der Waals surface area (Å²) < 4.78 is 5.65. The smallest absolute Gasteiger partial charge is 0.333 e. The minimum absolute atomic E-state index is 0.0708. The molecule has 0 aliphatic carbocycles. The van der Waals surface area contributed by atoms with E-state index in [9.17, 15) is 9.59 Å². The fourth-order valence-corrected chi connectivity index (χ4v) is 0.920. The number of likely N-dealkylation sites (N-methyl/N-ethyl adjacent to an activating group) is 1. The van der Waals surface area contributed by atoms with E-state index in [0.717, 1.165) is 0 Å². The molecule has 0 saturated carbocycles. The van der Waals surface area contributed by atoms with Crippen LogP contribution in [-0.2, 0) is 14.3 Å². The first-order chi connectivity index (χ1) is 7.63. The summed E-state index contributed by atoms with van der Waals surface area (Å²) in [6.45, 7) is 7.77. The number of nitrogens with zero attached hydrogens (tertiary/aromatic N) is 1. The number of ether oxygens (including phenoxy) is 1. The van der Waals surface area contributed by atoms with E-state index in [-0.39, 0.29) is 24.2 Å². The summed E-state index contributed by atoms with van der Waals surface area (Å²) in [5.41, 5.74) is 0.0392. The zero-order valence-electron chi connectivity index (χ0n) is 10.7. The van der Waals surface area contributed by atoms with Gasteiger partial charge in [-0.2, -0.15) is 0 Å². The average Bonchev–Trinajstić information content (AvgIpc) is 2.15. The van der Waals surface area contributed by atoms with Crippen molar-refractivity contribution in [1.29, 1.82) is 0 Å². The Kier molecular flexibility index (Phi) is 5.61. The molecule has 0 rings (SSSR count). The molecule has 0 aromatic heterocycles. The van der Waals surface area contributed by atoms with Crippen molar-refractivity contribution in [2.24, 2.45) is 0 Å². The van der Waals surface area contributed by atoms with Gasteiger partial charge in [-0.3, -0.25) is 0 Å². The predicted octanol–water partition coefficient (Wildman–Crippen LogP) is 0.823. The fourth-order valence-electron chi connectivity index (χ4n) is 0.920. The van der Waals surface area contributed by atoms with E-state index < -0.39 is 11.9 Å². The van der Waals surface area contributed by atoms with Crippen LogP contribution in [-0.4, -0.2) is 55.8 Å². The number of quaternary nitrogens is 1. The number of esters is 1. The van der Waals surface area contributed by atoms with Gasteiger partial charge in [-0.25, -0.2) is 9.59 Å². The van der Waals surface area contributed by atoms with Crippen molar-refractivity contribution >= 4 is 11.9 Å². The van der Waals surface area contributed by atoms with Gasteiger partial charge in [-0.05, 0) is 0 Å². The van der Waals surface area contributed by atoms with Crippen LogP contribution in [0, 0.1) is 0 Å². The standard InChI is InChI=1S/C12H19NO4/c1-9(11(14)15)8-10(2)12(16)17-7-6-13(3,4)5/h1-2,6-8H2,3-5H3/p+1. The fraction of sp³-hybridized carbons (Fsp3) is 0.500. The Hall–Kier alpha value is -1.62. The van der Waals surface area contributed by atoms with E-state index in [1.54, 1.807) is 0 Å². The summed E-state index contributed by atoms with van der Waals surface area (Å²) in [5, 5.41) is 8.60. The maximum absolute atomic E-state index is 11.4. The highest BCUT2D eigenvalue weighted by Gasteiger charge is 2.15. The Morgan fingerprint density at radius 2 is 1.71 bits per heavy atom. The summed E-state index contributed by atoms with van der Waals surface area (Å²) in [4.78, 5) is 21.9. The minimum atomic E-state index is -1.13.